The van der Waals surface area contributed by atoms with E-state index in [2.05, 4.69) is 5.32 Å². The van der Waals surface area contributed by atoms with E-state index in [4.69, 9.17) is 0 Å². The second-order valence-corrected chi connectivity index (χ2v) is 5.57. The number of urea groups is 2. The van der Waals surface area contributed by atoms with E-state index >= 15 is 0 Å². The molecule has 1 N–H and O–H groups in total. The van der Waals surface area contributed by atoms with Crippen molar-refractivity contribution in [2.45, 2.75) is 38.3 Å². The molecule has 3 heterocycles. The Bertz CT molecular complexity index is 431. The van der Waals surface area contributed by atoms with E-state index in [1.54, 1.807) is 9.80 Å². The molecule has 0 aliphatic carbocycles. The summed E-state index contributed by atoms with van der Waals surface area (Å²) in [7, 11) is 0. The van der Waals surface area contributed by atoms with Gasteiger partial charge in [-0.1, -0.05) is 0 Å². The average Bonchev–Trinajstić information content (AvgIpc) is 3.11. The third kappa shape index (κ3) is 1.92. The van der Waals surface area contributed by atoms with Crippen LogP contribution in [-0.4, -0.2) is 70.9 Å². The minimum absolute atomic E-state index is 0.0738. The van der Waals surface area contributed by atoms with Crippen molar-refractivity contribution in [3.63, 3.8) is 0 Å². The van der Waals surface area contributed by atoms with Crippen LogP contribution in [0.25, 0.3) is 0 Å². The number of hydrogen-bond acceptors (Lipinski definition) is 3. The Labute approximate surface area is 117 Å². The molecule has 0 unspecified atom stereocenters. The van der Waals surface area contributed by atoms with Crippen molar-refractivity contribution >= 4 is 18.0 Å². The normalized spacial score (nSPS) is 29.4. The SMILES string of the molecule is CCNC(=O)N1CC[C@@H](N2C(=O)[C@H]3CCCN3C2=O)C1. The van der Waals surface area contributed by atoms with E-state index in [1.165, 1.54) is 4.90 Å². The summed E-state index contributed by atoms with van der Waals surface area (Å²) in [5, 5.41) is 2.75. The fourth-order valence-corrected chi connectivity index (χ4v) is 3.38. The van der Waals surface area contributed by atoms with E-state index in [1.807, 2.05) is 6.92 Å². The van der Waals surface area contributed by atoms with Crippen LogP contribution < -0.4 is 5.32 Å². The quantitative estimate of drug-likeness (QED) is 0.735. The van der Waals surface area contributed by atoms with Crippen LogP contribution in [0.3, 0.4) is 0 Å². The highest BCUT2D eigenvalue weighted by Gasteiger charge is 2.51. The first-order valence-corrected chi connectivity index (χ1v) is 7.30. The van der Waals surface area contributed by atoms with Gasteiger partial charge in [-0.25, -0.2) is 9.59 Å². The van der Waals surface area contributed by atoms with Crippen molar-refractivity contribution in [2.75, 3.05) is 26.2 Å². The van der Waals surface area contributed by atoms with Crippen molar-refractivity contribution in [1.82, 2.24) is 20.0 Å². The number of hydrogen-bond donors (Lipinski definition) is 1. The Morgan fingerprint density at radius 1 is 1.30 bits per heavy atom. The molecule has 0 aromatic heterocycles. The molecule has 110 valence electrons. The zero-order chi connectivity index (χ0) is 14.3. The monoisotopic (exact) mass is 280 g/mol. The Morgan fingerprint density at radius 3 is 2.80 bits per heavy atom. The smallest absolute Gasteiger partial charge is 0.327 e. The predicted molar refractivity (Wildman–Crippen MR) is 71.0 cm³/mol. The van der Waals surface area contributed by atoms with Gasteiger partial charge in [0.15, 0.2) is 0 Å². The summed E-state index contributed by atoms with van der Waals surface area (Å²) < 4.78 is 0. The van der Waals surface area contributed by atoms with Gasteiger partial charge in [0.2, 0.25) is 0 Å². The first kappa shape index (κ1) is 13.2. The lowest BCUT2D eigenvalue weighted by atomic mass is 10.2. The number of likely N-dealkylation sites (tertiary alicyclic amines) is 1. The lowest BCUT2D eigenvalue weighted by Gasteiger charge is -2.23. The van der Waals surface area contributed by atoms with Crippen molar-refractivity contribution in [2.24, 2.45) is 0 Å². The summed E-state index contributed by atoms with van der Waals surface area (Å²) in [6.07, 6.45) is 2.36. The molecule has 2 atom stereocenters. The number of imide groups is 1. The molecule has 7 nitrogen and oxygen atoms in total. The highest BCUT2D eigenvalue weighted by atomic mass is 16.2. The highest BCUT2D eigenvalue weighted by molar-refractivity contribution is 6.05. The van der Waals surface area contributed by atoms with Crippen molar-refractivity contribution in [3.8, 4) is 0 Å². The third-order valence-corrected chi connectivity index (χ3v) is 4.37. The molecule has 7 heteroatoms. The van der Waals surface area contributed by atoms with Crippen LogP contribution in [0.15, 0.2) is 0 Å². The van der Waals surface area contributed by atoms with E-state index in [0.717, 1.165) is 12.8 Å². The molecule has 5 amide bonds. The molecule has 3 saturated heterocycles. The molecular formula is C13H20N4O3. The maximum Gasteiger partial charge on any atom is 0.327 e. The number of carbonyl (C=O) groups is 3. The molecule has 3 aliphatic rings. The minimum Gasteiger partial charge on any atom is -0.338 e. The Morgan fingerprint density at radius 2 is 2.10 bits per heavy atom. The molecule has 0 spiro atoms. The van der Waals surface area contributed by atoms with Gasteiger partial charge in [-0.15, -0.1) is 0 Å². The van der Waals surface area contributed by atoms with Crippen molar-refractivity contribution in [3.05, 3.63) is 0 Å². The second kappa shape index (κ2) is 4.96. The summed E-state index contributed by atoms with van der Waals surface area (Å²) in [5.74, 6) is -0.0738. The average molecular weight is 280 g/mol. The Kier molecular flexibility index (Phi) is 3.27. The van der Waals surface area contributed by atoms with Gasteiger partial charge in [-0.2, -0.15) is 0 Å². The van der Waals surface area contributed by atoms with Crippen LogP contribution in [0, 0.1) is 0 Å². The number of rotatable bonds is 2. The van der Waals surface area contributed by atoms with Gasteiger partial charge in [0.1, 0.15) is 6.04 Å². The van der Waals surface area contributed by atoms with Crippen molar-refractivity contribution < 1.29 is 14.4 Å². The summed E-state index contributed by atoms with van der Waals surface area (Å²) in [4.78, 5) is 41.2. The van der Waals surface area contributed by atoms with Crippen LogP contribution in [0.5, 0.6) is 0 Å². The lowest BCUT2D eigenvalue weighted by Crippen LogP contribution is -2.45. The summed E-state index contributed by atoms with van der Waals surface area (Å²) in [6.45, 7) is 4.17. The summed E-state index contributed by atoms with van der Waals surface area (Å²) in [6, 6.07) is -0.695. The number of nitrogens with zero attached hydrogens (tertiary/aromatic N) is 3. The van der Waals surface area contributed by atoms with Crippen molar-refractivity contribution in [1.29, 1.82) is 0 Å². The molecule has 20 heavy (non-hydrogen) atoms. The van der Waals surface area contributed by atoms with Crippen LogP contribution >= 0.6 is 0 Å². The third-order valence-electron chi connectivity index (χ3n) is 4.37. The molecule has 3 fully saturated rings. The molecule has 0 saturated carbocycles. The lowest BCUT2D eigenvalue weighted by molar-refractivity contribution is -0.129. The summed E-state index contributed by atoms with van der Waals surface area (Å²) >= 11 is 0. The topological polar surface area (TPSA) is 73.0 Å². The molecule has 0 aromatic carbocycles. The van der Waals surface area contributed by atoms with Gasteiger partial charge < -0.3 is 15.1 Å². The number of fused-ring (bicyclic) bond motifs is 1. The highest BCUT2D eigenvalue weighted by Crippen LogP contribution is 2.31. The predicted octanol–water partition coefficient (Wildman–Crippen LogP) is 0.217. The minimum atomic E-state index is -0.249. The fraction of sp³-hybridized carbons (Fsp3) is 0.769. The van der Waals surface area contributed by atoms with Gasteiger partial charge >= 0.3 is 12.1 Å². The molecule has 0 bridgehead atoms. The maximum absolute atomic E-state index is 12.3. The standard InChI is InChI=1S/C13H20N4O3/c1-2-14-12(19)15-7-5-9(8-15)17-11(18)10-4-3-6-16(10)13(17)20/h9-10H,2-8H2,1H3,(H,14,19)/t9-,10-/m1/s1. The number of amides is 5. The maximum atomic E-state index is 12.3. The first-order chi connectivity index (χ1) is 9.63. The Balaban J connectivity index is 1.68. The van der Waals surface area contributed by atoms with Gasteiger partial charge in [0.25, 0.3) is 5.91 Å². The largest absolute Gasteiger partial charge is 0.338 e. The van der Waals surface area contributed by atoms with Crippen LogP contribution in [0.1, 0.15) is 26.2 Å². The molecule has 0 radical (unpaired) electrons. The fourth-order valence-electron chi connectivity index (χ4n) is 3.38. The number of nitrogens with one attached hydrogen (secondary N) is 1. The van der Waals surface area contributed by atoms with Crippen LogP contribution in [-0.2, 0) is 4.79 Å². The number of carbonyl (C=O) groups excluding carboxylic acids is 3. The molecule has 3 aliphatic heterocycles. The van der Waals surface area contributed by atoms with Crippen LogP contribution in [0.4, 0.5) is 9.59 Å². The van der Waals surface area contributed by atoms with Gasteiger partial charge in [-0.05, 0) is 26.2 Å². The van der Waals surface area contributed by atoms with E-state index in [-0.39, 0.29) is 30.1 Å². The van der Waals surface area contributed by atoms with E-state index in [0.29, 0.717) is 32.6 Å². The second-order valence-electron chi connectivity index (χ2n) is 5.57. The molecule has 3 rings (SSSR count). The van der Waals surface area contributed by atoms with Gasteiger partial charge in [0, 0.05) is 26.2 Å². The zero-order valence-corrected chi connectivity index (χ0v) is 11.7. The van der Waals surface area contributed by atoms with Gasteiger partial charge in [0.05, 0.1) is 6.04 Å². The summed E-state index contributed by atoms with van der Waals surface area (Å²) in [5.41, 5.74) is 0. The van der Waals surface area contributed by atoms with Gasteiger partial charge in [-0.3, -0.25) is 9.69 Å². The van der Waals surface area contributed by atoms with E-state index < -0.39 is 0 Å². The molecule has 0 aromatic rings. The Hall–Kier alpha value is -1.79. The van der Waals surface area contributed by atoms with E-state index in [9.17, 15) is 14.4 Å². The zero-order valence-electron chi connectivity index (χ0n) is 11.7. The molecular weight excluding hydrogens is 260 g/mol. The first-order valence-electron chi connectivity index (χ1n) is 7.30. The van der Waals surface area contributed by atoms with Crippen LogP contribution in [0.2, 0.25) is 0 Å².